The van der Waals surface area contributed by atoms with Crippen molar-refractivity contribution in [3.05, 3.63) is 23.7 Å². The zero-order valence-corrected chi connectivity index (χ0v) is 10.1. The van der Waals surface area contributed by atoms with Crippen LogP contribution in [-0.2, 0) is 12.3 Å². The molecule has 0 saturated heterocycles. The van der Waals surface area contributed by atoms with Crippen LogP contribution in [0, 0.1) is 0 Å². The average Bonchev–Trinajstić information content (AvgIpc) is 2.85. The van der Waals surface area contributed by atoms with Crippen molar-refractivity contribution in [3.8, 4) is 0 Å². The molecule has 1 heterocycles. The second-order valence-electron chi connectivity index (χ2n) is 4.16. The zero-order valence-electron chi connectivity index (χ0n) is 9.29. The standard InChI is InChI=1S/C12H19NOS/c1-15-9-12-7-6-11(14-12)8-13-10-4-2-3-5-10/h6-7,10,13H,2-5,8-9H2,1H3. The summed E-state index contributed by atoms with van der Waals surface area (Å²) < 4.78 is 5.70. The minimum absolute atomic E-state index is 0.721. The van der Waals surface area contributed by atoms with E-state index in [0.29, 0.717) is 0 Å². The van der Waals surface area contributed by atoms with E-state index in [2.05, 4.69) is 23.7 Å². The number of thioether (sulfide) groups is 1. The third-order valence-electron chi connectivity index (χ3n) is 2.92. The van der Waals surface area contributed by atoms with E-state index in [1.807, 2.05) is 0 Å². The van der Waals surface area contributed by atoms with Crippen molar-refractivity contribution in [2.75, 3.05) is 6.26 Å². The van der Waals surface area contributed by atoms with Gasteiger partial charge in [-0.3, -0.25) is 0 Å². The Kier molecular flexibility index (Phi) is 4.15. The van der Waals surface area contributed by atoms with Crippen molar-refractivity contribution < 1.29 is 4.42 Å². The van der Waals surface area contributed by atoms with Gasteiger partial charge in [-0.05, 0) is 31.2 Å². The maximum atomic E-state index is 5.70. The van der Waals surface area contributed by atoms with Crippen LogP contribution in [0.1, 0.15) is 37.2 Å². The Bertz CT molecular complexity index is 292. The summed E-state index contributed by atoms with van der Waals surface area (Å²) in [6.07, 6.45) is 7.52. The Hall–Kier alpha value is -0.410. The summed E-state index contributed by atoms with van der Waals surface area (Å²) >= 11 is 1.80. The molecule has 1 saturated carbocycles. The topological polar surface area (TPSA) is 25.2 Å². The largest absolute Gasteiger partial charge is 0.464 e. The predicted octanol–water partition coefficient (Wildman–Crippen LogP) is 3.17. The second-order valence-corrected chi connectivity index (χ2v) is 5.03. The molecular weight excluding hydrogens is 206 g/mol. The highest BCUT2D eigenvalue weighted by molar-refractivity contribution is 7.97. The quantitative estimate of drug-likeness (QED) is 0.833. The van der Waals surface area contributed by atoms with Gasteiger partial charge in [0.25, 0.3) is 0 Å². The first kappa shape index (κ1) is 11.1. The van der Waals surface area contributed by atoms with E-state index in [-0.39, 0.29) is 0 Å². The SMILES string of the molecule is CSCc1ccc(CNC2CCCC2)o1. The lowest BCUT2D eigenvalue weighted by molar-refractivity contribution is 0.431. The van der Waals surface area contributed by atoms with Gasteiger partial charge in [0.2, 0.25) is 0 Å². The molecule has 2 nitrogen and oxygen atoms in total. The van der Waals surface area contributed by atoms with Crippen LogP contribution in [0.2, 0.25) is 0 Å². The average molecular weight is 225 g/mol. The zero-order chi connectivity index (χ0) is 10.5. The van der Waals surface area contributed by atoms with Gasteiger partial charge in [0.1, 0.15) is 11.5 Å². The third-order valence-corrected chi connectivity index (χ3v) is 3.50. The van der Waals surface area contributed by atoms with Gasteiger partial charge in [0.05, 0.1) is 12.3 Å². The Balaban J connectivity index is 1.77. The van der Waals surface area contributed by atoms with Crippen molar-refractivity contribution in [2.45, 2.75) is 44.0 Å². The third kappa shape index (κ3) is 3.28. The molecule has 1 aliphatic rings. The van der Waals surface area contributed by atoms with E-state index >= 15 is 0 Å². The highest BCUT2D eigenvalue weighted by atomic mass is 32.2. The van der Waals surface area contributed by atoms with Gasteiger partial charge in [-0.25, -0.2) is 0 Å². The minimum Gasteiger partial charge on any atom is -0.464 e. The van der Waals surface area contributed by atoms with Crippen LogP contribution in [0.5, 0.6) is 0 Å². The van der Waals surface area contributed by atoms with Crippen LogP contribution in [-0.4, -0.2) is 12.3 Å². The summed E-state index contributed by atoms with van der Waals surface area (Å²) in [6.45, 7) is 0.888. The lowest BCUT2D eigenvalue weighted by Gasteiger charge is -2.09. The summed E-state index contributed by atoms with van der Waals surface area (Å²) in [6, 6.07) is 4.90. The van der Waals surface area contributed by atoms with Crippen LogP contribution >= 0.6 is 11.8 Å². The monoisotopic (exact) mass is 225 g/mol. The molecular formula is C12H19NOS. The van der Waals surface area contributed by atoms with Crippen LogP contribution < -0.4 is 5.32 Å². The molecule has 15 heavy (non-hydrogen) atoms. The molecule has 1 aromatic heterocycles. The molecule has 84 valence electrons. The van der Waals surface area contributed by atoms with E-state index in [9.17, 15) is 0 Å². The van der Waals surface area contributed by atoms with Crippen molar-refractivity contribution in [1.82, 2.24) is 5.32 Å². The molecule has 0 radical (unpaired) electrons. The number of hydrogen-bond acceptors (Lipinski definition) is 3. The summed E-state index contributed by atoms with van der Waals surface area (Å²) in [5.41, 5.74) is 0. The van der Waals surface area contributed by atoms with E-state index in [4.69, 9.17) is 4.42 Å². The summed E-state index contributed by atoms with van der Waals surface area (Å²) in [5, 5.41) is 3.55. The number of rotatable bonds is 5. The molecule has 3 heteroatoms. The second kappa shape index (κ2) is 5.61. The van der Waals surface area contributed by atoms with Gasteiger partial charge in [-0.1, -0.05) is 12.8 Å². The summed E-state index contributed by atoms with van der Waals surface area (Å²) in [4.78, 5) is 0. The van der Waals surface area contributed by atoms with Crippen molar-refractivity contribution in [3.63, 3.8) is 0 Å². The van der Waals surface area contributed by atoms with E-state index in [1.54, 1.807) is 11.8 Å². The number of hydrogen-bond donors (Lipinski definition) is 1. The molecule has 1 N–H and O–H groups in total. The maximum absolute atomic E-state index is 5.70. The van der Waals surface area contributed by atoms with Crippen LogP contribution in [0.15, 0.2) is 16.5 Å². The molecule has 2 rings (SSSR count). The van der Waals surface area contributed by atoms with Crippen molar-refractivity contribution in [1.29, 1.82) is 0 Å². The first-order chi connectivity index (χ1) is 7.38. The van der Waals surface area contributed by atoms with Crippen LogP contribution in [0.25, 0.3) is 0 Å². The van der Waals surface area contributed by atoms with Crippen molar-refractivity contribution in [2.24, 2.45) is 0 Å². The van der Waals surface area contributed by atoms with Crippen LogP contribution in [0.3, 0.4) is 0 Å². The summed E-state index contributed by atoms with van der Waals surface area (Å²) in [7, 11) is 0. The Labute approximate surface area is 95.8 Å². The molecule has 0 aliphatic heterocycles. The molecule has 0 unspecified atom stereocenters. The number of nitrogens with one attached hydrogen (secondary N) is 1. The summed E-state index contributed by atoms with van der Waals surface area (Å²) in [5.74, 6) is 3.14. The smallest absolute Gasteiger partial charge is 0.118 e. The highest BCUT2D eigenvalue weighted by Gasteiger charge is 2.14. The highest BCUT2D eigenvalue weighted by Crippen LogP contribution is 2.19. The fraction of sp³-hybridized carbons (Fsp3) is 0.667. The fourth-order valence-electron chi connectivity index (χ4n) is 2.11. The molecule has 0 spiro atoms. The molecule has 0 atom stereocenters. The Morgan fingerprint density at radius 1 is 1.33 bits per heavy atom. The maximum Gasteiger partial charge on any atom is 0.118 e. The van der Waals surface area contributed by atoms with Gasteiger partial charge in [0, 0.05) is 6.04 Å². The first-order valence-electron chi connectivity index (χ1n) is 5.68. The van der Waals surface area contributed by atoms with Gasteiger partial charge in [0.15, 0.2) is 0 Å². The number of furan rings is 1. The van der Waals surface area contributed by atoms with Crippen molar-refractivity contribution >= 4 is 11.8 Å². The van der Waals surface area contributed by atoms with Gasteiger partial charge < -0.3 is 9.73 Å². The van der Waals surface area contributed by atoms with E-state index < -0.39 is 0 Å². The molecule has 0 aromatic carbocycles. The Morgan fingerprint density at radius 2 is 2.07 bits per heavy atom. The van der Waals surface area contributed by atoms with Gasteiger partial charge >= 0.3 is 0 Å². The van der Waals surface area contributed by atoms with Gasteiger partial charge in [-0.2, -0.15) is 11.8 Å². The van der Waals surface area contributed by atoms with E-state index in [1.165, 1.54) is 25.7 Å². The van der Waals surface area contributed by atoms with E-state index in [0.717, 1.165) is 29.9 Å². The predicted molar refractivity (Wildman–Crippen MR) is 65.0 cm³/mol. The normalized spacial score (nSPS) is 17.4. The molecule has 1 aliphatic carbocycles. The molecule has 1 aromatic rings. The molecule has 0 amide bonds. The minimum atomic E-state index is 0.721. The molecule has 0 bridgehead atoms. The molecule has 1 fully saturated rings. The fourth-order valence-corrected chi connectivity index (χ4v) is 2.55. The van der Waals surface area contributed by atoms with Gasteiger partial charge in [-0.15, -0.1) is 0 Å². The lowest BCUT2D eigenvalue weighted by Crippen LogP contribution is -2.24. The lowest BCUT2D eigenvalue weighted by atomic mass is 10.2. The Morgan fingerprint density at radius 3 is 2.80 bits per heavy atom. The first-order valence-corrected chi connectivity index (χ1v) is 7.08. The van der Waals surface area contributed by atoms with Crippen LogP contribution in [0.4, 0.5) is 0 Å².